The molecule has 0 aromatic carbocycles. The molecule has 4 heteroatoms. The highest BCUT2D eigenvalue weighted by Gasteiger charge is 2.49. The zero-order chi connectivity index (χ0) is 8.60. The van der Waals surface area contributed by atoms with E-state index in [-0.39, 0.29) is 18.5 Å². The Bertz CT molecular complexity index is 176. The van der Waals surface area contributed by atoms with Gasteiger partial charge in [-0.3, -0.25) is 0 Å². The monoisotopic (exact) mass is 190 g/mol. The molecule has 3 nitrogen and oxygen atoms in total. The van der Waals surface area contributed by atoms with Crippen LogP contribution in [0.25, 0.3) is 0 Å². The number of ether oxygens (including phenoxy) is 2. The number of aliphatic hydroxyl groups is 1. The van der Waals surface area contributed by atoms with Crippen LogP contribution in [0.3, 0.4) is 0 Å². The maximum atomic E-state index is 8.88. The van der Waals surface area contributed by atoms with Crippen LogP contribution in [0.4, 0.5) is 0 Å². The molecule has 2 fully saturated rings. The van der Waals surface area contributed by atoms with Gasteiger partial charge in [-0.2, -0.15) is 11.8 Å². The fraction of sp³-hybridized carbons (Fsp3) is 1.00. The largest absolute Gasteiger partial charge is 0.394 e. The van der Waals surface area contributed by atoms with Gasteiger partial charge in [-0.25, -0.2) is 0 Å². The Labute approximate surface area is 76.4 Å². The van der Waals surface area contributed by atoms with Gasteiger partial charge in [0.15, 0.2) is 5.79 Å². The van der Waals surface area contributed by atoms with Gasteiger partial charge in [-0.15, -0.1) is 0 Å². The minimum Gasteiger partial charge on any atom is -0.394 e. The van der Waals surface area contributed by atoms with Crippen molar-refractivity contribution in [3.8, 4) is 0 Å². The molecule has 1 N–H and O–H groups in total. The van der Waals surface area contributed by atoms with Crippen molar-refractivity contribution in [1.29, 1.82) is 0 Å². The van der Waals surface area contributed by atoms with E-state index in [0.717, 1.165) is 12.2 Å². The van der Waals surface area contributed by atoms with Gasteiger partial charge in [0, 0.05) is 6.42 Å². The van der Waals surface area contributed by atoms with Gasteiger partial charge in [0.2, 0.25) is 0 Å². The topological polar surface area (TPSA) is 38.7 Å². The lowest BCUT2D eigenvalue weighted by molar-refractivity contribution is -0.165. The fourth-order valence-electron chi connectivity index (χ4n) is 1.73. The van der Waals surface area contributed by atoms with Crippen LogP contribution in [0.1, 0.15) is 13.3 Å². The summed E-state index contributed by atoms with van der Waals surface area (Å²) in [5.74, 6) is 0.720. The Morgan fingerprint density at radius 2 is 2.50 bits per heavy atom. The summed E-state index contributed by atoms with van der Waals surface area (Å²) in [4.78, 5) is 0. The van der Waals surface area contributed by atoms with Gasteiger partial charge >= 0.3 is 0 Å². The van der Waals surface area contributed by atoms with E-state index in [1.54, 1.807) is 0 Å². The smallest absolute Gasteiger partial charge is 0.181 e. The summed E-state index contributed by atoms with van der Waals surface area (Å²) >= 11 is 1.87. The number of rotatable bonds is 1. The van der Waals surface area contributed by atoms with Gasteiger partial charge < -0.3 is 14.6 Å². The standard InChI is InChI=1S/C8H14O3S/c1-6-8(2-3-12-6)10-5-7(4-9)11-8/h6-7,9H,2-5H2,1H3. The van der Waals surface area contributed by atoms with Crippen molar-refractivity contribution >= 4 is 11.8 Å². The quantitative estimate of drug-likeness (QED) is 0.657. The van der Waals surface area contributed by atoms with Crippen LogP contribution < -0.4 is 0 Å². The summed E-state index contributed by atoms with van der Waals surface area (Å²) in [5, 5.41) is 9.28. The third kappa shape index (κ3) is 1.27. The first-order chi connectivity index (χ1) is 5.77. The highest BCUT2D eigenvalue weighted by molar-refractivity contribution is 8.00. The van der Waals surface area contributed by atoms with E-state index >= 15 is 0 Å². The molecule has 2 aliphatic heterocycles. The third-order valence-electron chi connectivity index (χ3n) is 2.52. The van der Waals surface area contributed by atoms with Crippen molar-refractivity contribution < 1.29 is 14.6 Å². The van der Waals surface area contributed by atoms with Crippen LogP contribution in [0.5, 0.6) is 0 Å². The van der Waals surface area contributed by atoms with Gasteiger partial charge in [0.05, 0.1) is 18.5 Å². The molecule has 2 saturated heterocycles. The Balaban J connectivity index is 2.04. The van der Waals surface area contributed by atoms with Crippen molar-refractivity contribution in [2.45, 2.75) is 30.5 Å². The third-order valence-corrected chi connectivity index (χ3v) is 3.82. The van der Waals surface area contributed by atoms with Crippen molar-refractivity contribution in [2.24, 2.45) is 0 Å². The predicted molar refractivity (Wildman–Crippen MR) is 47.2 cm³/mol. The minimum absolute atomic E-state index is 0.0686. The SMILES string of the molecule is CC1SCCC12OCC(CO)O2. The van der Waals surface area contributed by atoms with Gasteiger partial charge in [-0.1, -0.05) is 0 Å². The fourth-order valence-corrected chi connectivity index (χ4v) is 2.98. The second-order valence-corrected chi connectivity index (χ2v) is 4.76. The summed E-state index contributed by atoms with van der Waals surface area (Å²) in [6.07, 6.45) is 0.848. The summed E-state index contributed by atoms with van der Waals surface area (Å²) in [5.41, 5.74) is 0. The number of hydrogen-bond donors (Lipinski definition) is 1. The molecule has 2 rings (SSSR count). The van der Waals surface area contributed by atoms with E-state index in [9.17, 15) is 0 Å². The molecule has 12 heavy (non-hydrogen) atoms. The maximum Gasteiger partial charge on any atom is 0.181 e. The Morgan fingerprint density at radius 3 is 3.00 bits per heavy atom. The summed E-state index contributed by atoms with van der Waals surface area (Å²) in [6.45, 7) is 2.73. The summed E-state index contributed by atoms with van der Waals surface area (Å²) in [7, 11) is 0. The van der Waals surface area contributed by atoms with E-state index in [1.807, 2.05) is 11.8 Å². The van der Waals surface area contributed by atoms with E-state index < -0.39 is 0 Å². The first-order valence-corrected chi connectivity index (χ1v) is 5.36. The van der Waals surface area contributed by atoms with Crippen molar-refractivity contribution in [3.63, 3.8) is 0 Å². The minimum atomic E-state index is -0.377. The molecular weight excluding hydrogens is 176 g/mol. The first-order valence-electron chi connectivity index (χ1n) is 4.31. The molecule has 2 aliphatic rings. The average Bonchev–Trinajstić information content (AvgIpc) is 2.63. The van der Waals surface area contributed by atoms with Gasteiger partial charge in [0.1, 0.15) is 6.10 Å². The highest BCUT2D eigenvalue weighted by Crippen LogP contribution is 2.43. The van der Waals surface area contributed by atoms with E-state index in [1.165, 1.54) is 0 Å². The van der Waals surface area contributed by atoms with Crippen LogP contribution in [0.15, 0.2) is 0 Å². The molecular formula is C8H14O3S. The lowest BCUT2D eigenvalue weighted by Crippen LogP contribution is -2.36. The number of hydrogen-bond acceptors (Lipinski definition) is 4. The van der Waals surface area contributed by atoms with E-state index in [0.29, 0.717) is 11.9 Å². The van der Waals surface area contributed by atoms with Gasteiger partial charge in [-0.05, 0) is 12.7 Å². The molecule has 2 heterocycles. The second kappa shape index (κ2) is 3.18. The Morgan fingerprint density at radius 1 is 1.67 bits per heavy atom. The van der Waals surface area contributed by atoms with E-state index in [4.69, 9.17) is 14.6 Å². The lowest BCUT2D eigenvalue weighted by Gasteiger charge is -2.26. The van der Waals surface area contributed by atoms with Gasteiger partial charge in [0.25, 0.3) is 0 Å². The molecule has 0 aromatic rings. The molecule has 0 amide bonds. The van der Waals surface area contributed by atoms with Crippen LogP contribution in [-0.4, -0.2) is 41.2 Å². The van der Waals surface area contributed by atoms with E-state index in [2.05, 4.69) is 6.92 Å². The van der Waals surface area contributed by atoms with Crippen LogP contribution in [0, 0.1) is 0 Å². The zero-order valence-corrected chi connectivity index (χ0v) is 7.97. The molecule has 3 unspecified atom stereocenters. The number of aliphatic hydroxyl groups excluding tert-OH is 1. The van der Waals surface area contributed by atoms with Crippen molar-refractivity contribution in [2.75, 3.05) is 19.0 Å². The van der Waals surface area contributed by atoms with Crippen LogP contribution >= 0.6 is 11.8 Å². The van der Waals surface area contributed by atoms with Crippen molar-refractivity contribution in [3.05, 3.63) is 0 Å². The lowest BCUT2D eigenvalue weighted by atomic mass is 10.1. The summed E-state index contributed by atoms with van der Waals surface area (Å²) < 4.78 is 11.3. The zero-order valence-electron chi connectivity index (χ0n) is 7.16. The Hall–Kier alpha value is 0.230. The molecule has 70 valence electrons. The molecule has 0 saturated carbocycles. The molecule has 0 aromatic heterocycles. The molecule has 1 spiro atoms. The maximum absolute atomic E-state index is 8.88. The highest BCUT2D eigenvalue weighted by atomic mass is 32.2. The summed E-state index contributed by atoms with van der Waals surface area (Å²) in [6, 6.07) is 0. The second-order valence-electron chi connectivity index (χ2n) is 3.31. The first kappa shape index (κ1) is 8.81. The molecule has 0 aliphatic carbocycles. The van der Waals surface area contributed by atoms with Crippen LogP contribution in [0.2, 0.25) is 0 Å². The molecule has 3 atom stereocenters. The van der Waals surface area contributed by atoms with Crippen molar-refractivity contribution in [1.82, 2.24) is 0 Å². The number of thioether (sulfide) groups is 1. The average molecular weight is 190 g/mol. The van der Waals surface area contributed by atoms with Crippen LogP contribution in [-0.2, 0) is 9.47 Å². The Kier molecular flexibility index (Phi) is 2.33. The molecule has 0 radical (unpaired) electrons. The normalized spacial score (nSPS) is 47.5. The predicted octanol–water partition coefficient (Wildman–Crippen LogP) is 0.616. The molecule has 0 bridgehead atoms.